The number of Topliss-reactive ketones (excluding diaryl/α,β-unsaturated/α-hetero) is 1. The second-order valence-corrected chi connectivity index (χ2v) is 6.57. The van der Waals surface area contributed by atoms with Gasteiger partial charge >= 0.3 is 0 Å². The summed E-state index contributed by atoms with van der Waals surface area (Å²) >= 11 is 1.60. The van der Waals surface area contributed by atoms with Crippen LogP contribution in [0, 0.1) is 6.92 Å². The molecule has 2 aromatic rings. The van der Waals surface area contributed by atoms with Crippen LogP contribution in [0.3, 0.4) is 0 Å². The van der Waals surface area contributed by atoms with Gasteiger partial charge in [0, 0.05) is 41.9 Å². The molecule has 0 bridgehead atoms. The molecule has 6 heteroatoms. The molecule has 24 heavy (non-hydrogen) atoms. The van der Waals surface area contributed by atoms with Gasteiger partial charge in [0.25, 0.3) is 0 Å². The average Bonchev–Trinajstić information content (AvgIpc) is 3.04. The van der Waals surface area contributed by atoms with Crippen LogP contribution in [0.25, 0.3) is 0 Å². The Bertz CT molecular complexity index is 695. The molecule has 1 amide bonds. The molecule has 0 radical (unpaired) electrons. The van der Waals surface area contributed by atoms with Crippen LogP contribution in [0.1, 0.15) is 46.7 Å². The maximum absolute atomic E-state index is 12.1. The highest BCUT2D eigenvalue weighted by atomic mass is 32.1. The van der Waals surface area contributed by atoms with Gasteiger partial charge < -0.3 is 10.1 Å². The molecule has 1 aromatic heterocycles. The van der Waals surface area contributed by atoms with E-state index < -0.39 is 0 Å². The third-order valence-corrected chi connectivity index (χ3v) is 4.85. The highest BCUT2D eigenvalue weighted by Gasteiger charge is 2.13. The first-order valence-electron chi connectivity index (χ1n) is 7.85. The summed E-state index contributed by atoms with van der Waals surface area (Å²) in [5.41, 5.74) is 1.59. The Hall–Kier alpha value is -2.21. The van der Waals surface area contributed by atoms with Gasteiger partial charge in [-0.2, -0.15) is 0 Å². The van der Waals surface area contributed by atoms with Gasteiger partial charge in [-0.3, -0.25) is 9.59 Å². The van der Waals surface area contributed by atoms with Crippen molar-refractivity contribution in [1.29, 1.82) is 0 Å². The van der Waals surface area contributed by atoms with Gasteiger partial charge in [0.2, 0.25) is 5.91 Å². The zero-order valence-electron chi connectivity index (χ0n) is 14.2. The number of methoxy groups -OCH3 is 1. The van der Waals surface area contributed by atoms with Gasteiger partial charge in [-0.15, -0.1) is 11.3 Å². The minimum absolute atomic E-state index is 0.0450. The Labute approximate surface area is 146 Å². The highest BCUT2D eigenvalue weighted by Crippen LogP contribution is 2.19. The van der Waals surface area contributed by atoms with Crippen molar-refractivity contribution in [3.05, 3.63) is 45.9 Å². The predicted molar refractivity (Wildman–Crippen MR) is 94.8 cm³/mol. The van der Waals surface area contributed by atoms with Gasteiger partial charge in [0.15, 0.2) is 5.78 Å². The van der Waals surface area contributed by atoms with E-state index in [-0.39, 0.29) is 30.4 Å². The van der Waals surface area contributed by atoms with Crippen LogP contribution in [0.2, 0.25) is 0 Å². The van der Waals surface area contributed by atoms with Crippen molar-refractivity contribution in [3.63, 3.8) is 0 Å². The second-order valence-electron chi connectivity index (χ2n) is 5.68. The zero-order chi connectivity index (χ0) is 17.5. The number of nitrogens with zero attached hydrogens (tertiary/aromatic N) is 1. The van der Waals surface area contributed by atoms with Crippen LogP contribution in [0.5, 0.6) is 5.75 Å². The molecule has 5 nitrogen and oxygen atoms in total. The molecule has 1 heterocycles. The zero-order valence-corrected chi connectivity index (χ0v) is 15.0. The Morgan fingerprint density at radius 1 is 1.25 bits per heavy atom. The normalized spacial score (nSPS) is 11.8. The standard InChI is InChI=1S/C18H22N2O3S/c1-12(18-20-13(2)11-24-18)10-19-17(22)9-8-16(21)14-4-6-15(23-3)7-5-14/h4-7,11-12H,8-10H2,1-3H3,(H,19,22)/t12-/m1/s1. The quantitative estimate of drug-likeness (QED) is 0.744. The van der Waals surface area contributed by atoms with E-state index in [1.54, 1.807) is 42.7 Å². The molecule has 0 unspecified atom stereocenters. The second kappa shape index (κ2) is 8.59. The van der Waals surface area contributed by atoms with Gasteiger partial charge in [-0.05, 0) is 31.2 Å². The SMILES string of the molecule is COc1ccc(C(=O)CCC(=O)NC[C@@H](C)c2nc(C)cs2)cc1. The lowest BCUT2D eigenvalue weighted by molar-refractivity contribution is -0.121. The molecule has 0 aliphatic heterocycles. The van der Waals surface area contributed by atoms with Crippen LogP contribution >= 0.6 is 11.3 Å². The number of thiazole rings is 1. The van der Waals surface area contributed by atoms with Crippen LogP contribution < -0.4 is 10.1 Å². The van der Waals surface area contributed by atoms with Crippen molar-refractivity contribution < 1.29 is 14.3 Å². The van der Waals surface area contributed by atoms with E-state index in [0.29, 0.717) is 17.9 Å². The Morgan fingerprint density at radius 3 is 2.54 bits per heavy atom. The largest absolute Gasteiger partial charge is 0.497 e. The Kier molecular flexibility index (Phi) is 6.49. The summed E-state index contributed by atoms with van der Waals surface area (Å²) in [5, 5.41) is 5.89. The van der Waals surface area contributed by atoms with Gasteiger partial charge in [0.1, 0.15) is 5.75 Å². The first kappa shape index (κ1) is 18.1. The maximum Gasteiger partial charge on any atom is 0.220 e. The molecule has 0 aliphatic rings. The lowest BCUT2D eigenvalue weighted by Crippen LogP contribution is -2.27. The Balaban J connectivity index is 1.74. The summed E-state index contributed by atoms with van der Waals surface area (Å²) in [6, 6.07) is 6.91. The molecule has 0 spiro atoms. The van der Waals surface area contributed by atoms with E-state index in [1.807, 2.05) is 19.2 Å². The lowest BCUT2D eigenvalue weighted by Gasteiger charge is -2.10. The molecule has 1 aromatic carbocycles. The summed E-state index contributed by atoms with van der Waals surface area (Å²) in [6.45, 7) is 4.51. The van der Waals surface area contributed by atoms with Crippen molar-refractivity contribution in [2.45, 2.75) is 32.6 Å². The number of hydrogen-bond acceptors (Lipinski definition) is 5. The van der Waals surface area contributed by atoms with Crippen molar-refractivity contribution in [3.8, 4) is 5.75 Å². The number of ether oxygens (including phenoxy) is 1. The van der Waals surface area contributed by atoms with Crippen molar-refractivity contribution >= 4 is 23.0 Å². The molecule has 0 saturated heterocycles. The van der Waals surface area contributed by atoms with Crippen LogP contribution in [0.15, 0.2) is 29.6 Å². The minimum Gasteiger partial charge on any atom is -0.497 e. The van der Waals surface area contributed by atoms with Gasteiger partial charge in [-0.1, -0.05) is 6.92 Å². The summed E-state index contributed by atoms with van der Waals surface area (Å²) in [6.07, 6.45) is 0.386. The fourth-order valence-electron chi connectivity index (χ4n) is 2.19. The van der Waals surface area contributed by atoms with E-state index in [9.17, 15) is 9.59 Å². The third-order valence-electron chi connectivity index (χ3n) is 3.65. The van der Waals surface area contributed by atoms with E-state index in [0.717, 1.165) is 10.7 Å². The van der Waals surface area contributed by atoms with Gasteiger partial charge in [0.05, 0.1) is 12.1 Å². The van der Waals surface area contributed by atoms with Crippen LogP contribution in [-0.4, -0.2) is 30.3 Å². The van der Waals surface area contributed by atoms with Crippen molar-refractivity contribution in [2.24, 2.45) is 0 Å². The van der Waals surface area contributed by atoms with E-state index in [1.165, 1.54) is 0 Å². The van der Waals surface area contributed by atoms with E-state index in [4.69, 9.17) is 4.74 Å². The molecule has 1 N–H and O–H groups in total. The summed E-state index contributed by atoms with van der Waals surface area (Å²) < 4.78 is 5.06. The van der Waals surface area contributed by atoms with Crippen LogP contribution in [-0.2, 0) is 4.79 Å². The monoisotopic (exact) mass is 346 g/mol. The van der Waals surface area contributed by atoms with Crippen LogP contribution in [0.4, 0.5) is 0 Å². The molecule has 0 saturated carbocycles. The maximum atomic E-state index is 12.1. The number of aryl methyl sites for hydroxylation is 1. The summed E-state index contributed by atoms with van der Waals surface area (Å²) in [7, 11) is 1.58. The fourth-order valence-corrected chi connectivity index (χ4v) is 3.05. The number of hydrogen-bond donors (Lipinski definition) is 1. The number of aromatic nitrogens is 1. The van der Waals surface area contributed by atoms with Crippen molar-refractivity contribution in [1.82, 2.24) is 10.3 Å². The number of carbonyl (C=O) groups excluding carboxylic acids is 2. The molecular weight excluding hydrogens is 324 g/mol. The fraction of sp³-hybridized carbons (Fsp3) is 0.389. The lowest BCUT2D eigenvalue weighted by atomic mass is 10.1. The molecular formula is C18H22N2O3S. The minimum atomic E-state index is -0.114. The number of ketones is 1. The highest BCUT2D eigenvalue weighted by molar-refractivity contribution is 7.09. The molecule has 2 rings (SSSR count). The van der Waals surface area contributed by atoms with Gasteiger partial charge in [-0.25, -0.2) is 4.98 Å². The summed E-state index contributed by atoms with van der Waals surface area (Å²) in [4.78, 5) is 28.4. The smallest absolute Gasteiger partial charge is 0.220 e. The average molecular weight is 346 g/mol. The molecule has 0 fully saturated rings. The molecule has 0 aliphatic carbocycles. The molecule has 1 atom stereocenters. The third kappa shape index (κ3) is 5.16. The van der Waals surface area contributed by atoms with E-state index in [2.05, 4.69) is 10.3 Å². The van der Waals surface area contributed by atoms with Crippen molar-refractivity contribution in [2.75, 3.05) is 13.7 Å². The first-order chi connectivity index (χ1) is 11.5. The number of rotatable bonds is 8. The number of nitrogens with one attached hydrogen (secondary N) is 1. The van der Waals surface area contributed by atoms with E-state index >= 15 is 0 Å². The molecule has 128 valence electrons. The number of amides is 1. The number of benzene rings is 1. The topological polar surface area (TPSA) is 68.3 Å². The summed E-state index contributed by atoms with van der Waals surface area (Å²) in [5.74, 6) is 0.717. The first-order valence-corrected chi connectivity index (χ1v) is 8.73. The Morgan fingerprint density at radius 2 is 1.96 bits per heavy atom. The predicted octanol–water partition coefficient (Wildman–Crippen LogP) is 3.34. The number of carbonyl (C=O) groups is 2.